The summed E-state index contributed by atoms with van der Waals surface area (Å²) in [6, 6.07) is 7.77. The molecule has 18 heavy (non-hydrogen) atoms. The number of halogens is 1. The summed E-state index contributed by atoms with van der Waals surface area (Å²) >= 11 is 7.71. The SMILES string of the molecule is NC(Cc1nc2c(s1)CCC2)c1ccc(Cl)cc1. The molecule has 4 heteroatoms. The van der Waals surface area contributed by atoms with Crippen molar-refractivity contribution in [3.05, 3.63) is 50.4 Å². The molecule has 94 valence electrons. The monoisotopic (exact) mass is 278 g/mol. The van der Waals surface area contributed by atoms with Gasteiger partial charge in [-0.25, -0.2) is 4.98 Å². The van der Waals surface area contributed by atoms with Gasteiger partial charge in [0.05, 0.1) is 10.7 Å². The van der Waals surface area contributed by atoms with Gasteiger partial charge < -0.3 is 5.73 Å². The first kappa shape index (κ1) is 12.2. The van der Waals surface area contributed by atoms with Gasteiger partial charge >= 0.3 is 0 Å². The van der Waals surface area contributed by atoms with Crippen molar-refractivity contribution in [2.45, 2.75) is 31.7 Å². The number of aromatic nitrogens is 1. The van der Waals surface area contributed by atoms with Crippen LogP contribution in [0.25, 0.3) is 0 Å². The van der Waals surface area contributed by atoms with E-state index in [0.717, 1.165) is 23.4 Å². The Balaban J connectivity index is 1.73. The zero-order valence-electron chi connectivity index (χ0n) is 10.0. The molecule has 0 saturated heterocycles. The Labute approximate surface area is 116 Å². The Morgan fingerprint density at radius 2 is 2.06 bits per heavy atom. The topological polar surface area (TPSA) is 38.9 Å². The zero-order valence-corrected chi connectivity index (χ0v) is 11.6. The van der Waals surface area contributed by atoms with Crippen molar-refractivity contribution >= 4 is 22.9 Å². The van der Waals surface area contributed by atoms with Gasteiger partial charge in [0.15, 0.2) is 0 Å². The number of hydrogen-bond donors (Lipinski definition) is 1. The molecule has 1 unspecified atom stereocenters. The Bertz CT molecular complexity index is 526. The lowest BCUT2D eigenvalue weighted by atomic mass is 10.1. The molecule has 2 nitrogen and oxygen atoms in total. The molecule has 1 aromatic heterocycles. The van der Waals surface area contributed by atoms with Crippen molar-refractivity contribution in [1.29, 1.82) is 0 Å². The predicted octanol–water partition coefficient (Wildman–Crippen LogP) is 3.53. The number of nitrogens with zero attached hydrogens (tertiary/aromatic N) is 1. The molecule has 3 rings (SSSR count). The van der Waals surface area contributed by atoms with Gasteiger partial charge in [0.2, 0.25) is 0 Å². The summed E-state index contributed by atoms with van der Waals surface area (Å²) in [5.41, 5.74) is 8.64. The van der Waals surface area contributed by atoms with Crippen molar-refractivity contribution in [3.63, 3.8) is 0 Å². The highest BCUT2D eigenvalue weighted by molar-refractivity contribution is 7.11. The van der Waals surface area contributed by atoms with Crippen LogP contribution in [0.15, 0.2) is 24.3 Å². The van der Waals surface area contributed by atoms with Gasteiger partial charge in [0.1, 0.15) is 0 Å². The van der Waals surface area contributed by atoms with Gasteiger partial charge in [0.25, 0.3) is 0 Å². The molecule has 0 bridgehead atoms. The van der Waals surface area contributed by atoms with E-state index >= 15 is 0 Å². The highest BCUT2D eigenvalue weighted by Crippen LogP contribution is 2.29. The van der Waals surface area contributed by atoms with Gasteiger partial charge in [-0.05, 0) is 37.0 Å². The Morgan fingerprint density at radius 1 is 1.28 bits per heavy atom. The minimum atomic E-state index is 0.00791. The molecule has 1 aliphatic carbocycles. The standard InChI is InChI=1S/C14H15ClN2S/c15-10-6-4-9(5-7-10)11(16)8-14-17-12-2-1-3-13(12)18-14/h4-7,11H,1-3,8,16H2. The molecule has 0 fully saturated rings. The number of hydrogen-bond acceptors (Lipinski definition) is 3. The van der Waals surface area contributed by atoms with E-state index in [1.54, 1.807) is 0 Å². The molecule has 1 aromatic carbocycles. The highest BCUT2D eigenvalue weighted by Gasteiger charge is 2.18. The number of aryl methyl sites for hydroxylation is 2. The van der Waals surface area contributed by atoms with Gasteiger partial charge in [0, 0.05) is 22.4 Å². The second-order valence-electron chi connectivity index (χ2n) is 4.69. The second-order valence-corrected chi connectivity index (χ2v) is 6.30. The second kappa shape index (κ2) is 5.00. The number of fused-ring (bicyclic) bond motifs is 1. The van der Waals surface area contributed by atoms with Gasteiger partial charge in [-0.2, -0.15) is 0 Å². The molecule has 0 aliphatic heterocycles. The van der Waals surface area contributed by atoms with E-state index in [0.29, 0.717) is 0 Å². The normalized spacial score (nSPS) is 15.7. The Kier molecular flexibility index (Phi) is 3.37. The number of thiazole rings is 1. The van der Waals surface area contributed by atoms with E-state index in [-0.39, 0.29) is 6.04 Å². The summed E-state index contributed by atoms with van der Waals surface area (Å²) in [7, 11) is 0. The van der Waals surface area contributed by atoms with Crippen molar-refractivity contribution in [2.24, 2.45) is 5.73 Å². The van der Waals surface area contributed by atoms with E-state index in [1.165, 1.54) is 28.4 Å². The zero-order chi connectivity index (χ0) is 12.5. The first-order valence-electron chi connectivity index (χ1n) is 6.21. The molecule has 0 amide bonds. The molecular formula is C14H15ClN2S. The van der Waals surface area contributed by atoms with Crippen LogP contribution in [-0.4, -0.2) is 4.98 Å². The van der Waals surface area contributed by atoms with E-state index in [2.05, 4.69) is 4.98 Å². The molecular weight excluding hydrogens is 264 g/mol. The summed E-state index contributed by atoms with van der Waals surface area (Å²) in [5.74, 6) is 0. The van der Waals surface area contributed by atoms with Crippen LogP contribution < -0.4 is 5.73 Å². The highest BCUT2D eigenvalue weighted by atomic mass is 35.5. The summed E-state index contributed by atoms with van der Waals surface area (Å²) in [5, 5.41) is 1.92. The third-order valence-electron chi connectivity index (χ3n) is 3.33. The summed E-state index contributed by atoms with van der Waals surface area (Å²) in [4.78, 5) is 6.15. The maximum atomic E-state index is 6.22. The predicted molar refractivity (Wildman–Crippen MR) is 76.2 cm³/mol. The van der Waals surface area contributed by atoms with Crippen LogP contribution in [-0.2, 0) is 19.3 Å². The van der Waals surface area contributed by atoms with Gasteiger partial charge in [-0.1, -0.05) is 23.7 Å². The lowest BCUT2D eigenvalue weighted by molar-refractivity contribution is 0.715. The van der Waals surface area contributed by atoms with Crippen molar-refractivity contribution < 1.29 is 0 Å². The quantitative estimate of drug-likeness (QED) is 0.933. The largest absolute Gasteiger partial charge is 0.324 e. The first-order chi connectivity index (χ1) is 8.72. The lowest BCUT2D eigenvalue weighted by Crippen LogP contribution is -2.13. The number of benzene rings is 1. The average Bonchev–Trinajstić information content (AvgIpc) is 2.90. The van der Waals surface area contributed by atoms with Crippen LogP contribution in [0.4, 0.5) is 0 Å². The van der Waals surface area contributed by atoms with E-state index in [4.69, 9.17) is 17.3 Å². The minimum Gasteiger partial charge on any atom is -0.324 e. The molecule has 1 heterocycles. The molecule has 2 aromatic rings. The van der Waals surface area contributed by atoms with E-state index in [1.807, 2.05) is 35.6 Å². The van der Waals surface area contributed by atoms with E-state index in [9.17, 15) is 0 Å². The smallest absolute Gasteiger partial charge is 0.0950 e. The van der Waals surface area contributed by atoms with Crippen LogP contribution in [0.5, 0.6) is 0 Å². The average molecular weight is 279 g/mol. The maximum Gasteiger partial charge on any atom is 0.0950 e. The van der Waals surface area contributed by atoms with Gasteiger partial charge in [-0.15, -0.1) is 11.3 Å². The molecule has 0 saturated carbocycles. The Morgan fingerprint density at radius 3 is 2.78 bits per heavy atom. The number of rotatable bonds is 3. The van der Waals surface area contributed by atoms with Crippen LogP contribution in [0, 0.1) is 0 Å². The summed E-state index contributed by atoms with van der Waals surface area (Å²) in [6.07, 6.45) is 4.42. The van der Waals surface area contributed by atoms with Crippen LogP contribution in [0.3, 0.4) is 0 Å². The fourth-order valence-electron chi connectivity index (χ4n) is 2.35. The molecule has 1 atom stereocenters. The molecule has 2 N–H and O–H groups in total. The minimum absolute atomic E-state index is 0.00791. The molecule has 1 aliphatic rings. The van der Waals surface area contributed by atoms with Crippen LogP contribution in [0.2, 0.25) is 5.02 Å². The van der Waals surface area contributed by atoms with Crippen molar-refractivity contribution in [1.82, 2.24) is 4.98 Å². The fraction of sp³-hybridized carbons (Fsp3) is 0.357. The molecule has 0 spiro atoms. The fourth-order valence-corrected chi connectivity index (χ4v) is 3.69. The Hall–Kier alpha value is -0.900. The van der Waals surface area contributed by atoms with Crippen LogP contribution >= 0.6 is 22.9 Å². The third-order valence-corrected chi connectivity index (χ3v) is 4.76. The first-order valence-corrected chi connectivity index (χ1v) is 7.40. The van der Waals surface area contributed by atoms with Gasteiger partial charge in [-0.3, -0.25) is 0 Å². The van der Waals surface area contributed by atoms with E-state index < -0.39 is 0 Å². The lowest BCUT2D eigenvalue weighted by Gasteiger charge is -2.10. The van der Waals surface area contributed by atoms with Crippen molar-refractivity contribution in [3.8, 4) is 0 Å². The summed E-state index contributed by atoms with van der Waals surface area (Å²) < 4.78 is 0. The maximum absolute atomic E-state index is 6.22. The van der Waals surface area contributed by atoms with Crippen molar-refractivity contribution in [2.75, 3.05) is 0 Å². The molecule has 0 radical (unpaired) electrons. The third kappa shape index (κ3) is 2.44. The summed E-state index contributed by atoms with van der Waals surface area (Å²) in [6.45, 7) is 0. The number of nitrogens with two attached hydrogens (primary N) is 1. The van der Waals surface area contributed by atoms with Crippen LogP contribution in [0.1, 0.15) is 33.6 Å².